The molecule has 4 heteroatoms. The van der Waals surface area contributed by atoms with E-state index in [1.807, 2.05) is 24.3 Å². The molecule has 18 heavy (non-hydrogen) atoms. The summed E-state index contributed by atoms with van der Waals surface area (Å²) >= 11 is 0. The molecule has 0 atom stereocenters. The van der Waals surface area contributed by atoms with Crippen molar-refractivity contribution in [1.82, 2.24) is 0 Å². The van der Waals surface area contributed by atoms with E-state index < -0.39 is 5.97 Å². The molecule has 4 nitrogen and oxygen atoms in total. The second-order valence-electron chi connectivity index (χ2n) is 4.01. The van der Waals surface area contributed by atoms with Gasteiger partial charge < -0.3 is 16.6 Å². The third kappa shape index (κ3) is 2.33. The first-order valence-corrected chi connectivity index (χ1v) is 5.54. The van der Waals surface area contributed by atoms with Crippen LogP contribution < -0.4 is 11.5 Å². The average molecular weight is 242 g/mol. The highest BCUT2D eigenvalue weighted by Gasteiger charge is 2.09. The van der Waals surface area contributed by atoms with E-state index in [9.17, 15) is 4.79 Å². The molecule has 0 unspecified atom stereocenters. The second kappa shape index (κ2) is 4.89. The minimum atomic E-state index is -1.02. The summed E-state index contributed by atoms with van der Waals surface area (Å²) in [5.41, 5.74) is 14.3. The molecule has 0 aromatic heterocycles. The Balaban J connectivity index is 2.44. The van der Waals surface area contributed by atoms with Crippen molar-refractivity contribution in [3.63, 3.8) is 0 Å². The third-order valence-electron chi connectivity index (χ3n) is 2.81. The summed E-state index contributed by atoms with van der Waals surface area (Å²) in [6.45, 7) is 0.488. The van der Waals surface area contributed by atoms with Crippen molar-refractivity contribution in [3.8, 4) is 11.1 Å². The van der Waals surface area contributed by atoms with Gasteiger partial charge in [-0.2, -0.15) is 0 Å². The number of benzene rings is 2. The largest absolute Gasteiger partial charge is 0.478 e. The minimum Gasteiger partial charge on any atom is -0.478 e. The van der Waals surface area contributed by atoms with Crippen molar-refractivity contribution in [2.75, 3.05) is 5.73 Å². The maximum Gasteiger partial charge on any atom is 0.337 e. The van der Waals surface area contributed by atoms with Crippen LogP contribution in [0.1, 0.15) is 15.9 Å². The van der Waals surface area contributed by atoms with Gasteiger partial charge in [-0.25, -0.2) is 4.79 Å². The van der Waals surface area contributed by atoms with Crippen molar-refractivity contribution in [1.29, 1.82) is 0 Å². The fourth-order valence-corrected chi connectivity index (χ4v) is 1.75. The quantitative estimate of drug-likeness (QED) is 0.719. The molecule has 0 saturated carbocycles. The number of anilines is 1. The maximum absolute atomic E-state index is 11.0. The number of carbonyl (C=O) groups is 1. The Labute approximate surface area is 105 Å². The molecule has 0 aliphatic heterocycles. The van der Waals surface area contributed by atoms with Crippen LogP contribution in [0.4, 0.5) is 5.69 Å². The van der Waals surface area contributed by atoms with Gasteiger partial charge >= 0.3 is 5.97 Å². The van der Waals surface area contributed by atoms with Gasteiger partial charge in [0.2, 0.25) is 0 Å². The number of hydrogen-bond acceptors (Lipinski definition) is 3. The zero-order chi connectivity index (χ0) is 13.1. The zero-order valence-corrected chi connectivity index (χ0v) is 9.76. The lowest BCUT2D eigenvalue weighted by Crippen LogP contribution is -2.02. The smallest absolute Gasteiger partial charge is 0.337 e. The molecule has 0 spiro atoms. The van der Waals surface area contributed by atoms with Crippen molar-refractivity contribution in [2.45, 2.75) is 6.54 Å². The Morgan fingerprint density at radius 1 is 1.06 bits per heavy atom. The molecule has 0 radical (unpaired) electrons. The standard InChI is InChI=1S/C14H14N2O2/c15-8-9-1-3-10(4-2-9)11-5-6-13(16)12(7-11)14(17)18/h1-7H,8,15-16H2,(H,17,18). The lowest BCUT2D eigenvalue weighted by atomic mass is 10.0. The molecule has 0 saturated heterocycles. The van der Waals surface area contributed by atoms with Gasteiger partial charge in [-0.05, 0) is 28.8 Å². The maximum atomic E-state index is 11.0. The first kappa shape index (κ1) is 12.1. The van der Waals surface area contributed by atoms with E-state index in [1.54, 1.807) is 18.2 Å². The Morgan fingerprint density at radius 2 is 1.67 bits per heavy atom. The fourth-order valence-electron chi connectivity index (χ4n) is 1.75. The summed E-state index contributed by atoms with van der Waals surface area (Å²) in [5.74, 6) is -1.02. The van der Waals surface area contributed by atoms with Crippen molar-refractivity contribution < 1.29 is 9.90 Å². The van der Waals surface area contributed by atoms with Gasteiger partial charge in [0.15, 0.2) is 0 Å². The zero-order valence-electron chi connectivity index (χ0n) is 9.76. The fraction of sp³-hybridized carbons (Fsp3) is 0.0714. The van der Waals surface area contributed by atoms with Crippen LogP contribution in [0.2, 0.25) is 0 Å². The first-order chi connectivity index (χ1) is 8.61. The summed E-state index contributed by atoms with van der Waals surface area (Å²) in [6, 6.07) is 12.7. The Morgan fingerprint density at radius 3 is 2.22 bits per heavy atom. The summed E-state index contributed by atoms with van der Waals surface area (Å²) in [7, 11) is 0. The van der Waals surface area contributed by atoms with Crippen LogP contribution in [0.5, 0.6) is 0 Å². The van der Waals surface area contributed by atoms with Crippen molar-refractivity contribution in [3.05, 3.63) is 53.6 Å². The highest BCUT2D eigenvalue weighted by molar-refractivity contribution is 5.95. The van der Waals surface area contributed by atoms with E-state index in [0.717, 1.165) is 16.7 Å². The van der Waals surface area contributed by atoms with E-state index in [1.165, 1.54) is 0 Å². The lowest BCUT2D eigenvalue weighted by Gasteiger charge is -2.06. The van der Waals surface area contributed by atoms with Crippen molar-refractivity contribution in [2.24, 2.45) is 5.73 Å². The van der Waals surface area contributed by atoms with E-state index in [2.05, 4.69) is 0 Å². The number of nitrogen functional groups attached to an aromatic ring is 1. The van der Waals surface area contributed by atoms with Gasteiger partial charge in [-0.3, -0.25) is 0 Å². The van der Waals surface area contributed by atoms with Crippen molar-refractivity contribution >= 4 is 11.7 Å². The molecule has 92 valence electrons. The first-order valence-electron chi connectivity index (χ1n) is 5.54. The SMILES string of the molecule is NCc1ccc(-c2ccc(N)c(C(=O)O)c2)cc1. The molecule has 0 aliphatic rings. The summed E-state index contributed by atoms with van der Waals surface area (Å²) < 4.78 is 0. The van der Waals surface area contributed by atoms with Crippen LogP contribution in [0.15, 0.2) is 42.5 Å². The molecule has 0 fully saturated rings. The monoisotopic (exact) mass is 242 g/mol. The Bertz CT molecular complexity index is 577. The molecule has 2 aromatic carbocycles. The van der Waals surface area contributed by atoms with Gasteiger partial charge in [0.05, 0.1) is 5.56 Å². The molecule has 2 aromatic rings. The molecule has 0 aliphatic carbocycles. The second-order valence-corrected chi connectivity index (χ2v) is 4.01. The van der Waals surface area contributed by atoms with Crippen LogP contribution in [0.3, 0.4) is 0 Å². The predicted molar refractivity (Wildman–Crippen MR) is 71.1 cm³/mol. The average Bonchev–Trinajstić information content (AvgIpc) is 2.39. The predicted octanol–water partition coefficient (Wildman–Crippen LogP) is 2.09. The van der Waals surface area contributed by atoms with E-state index in [-0.39, 0.29) is 11.3 Å². The molecule has 5 N–H and O–H groups in total. The molecule has 2 rings (SSSR count). The molecule has 0 bridgehead atoms. The highest BCUT2D eigenvalue weighted by Crippen LogP contribution is 2.24. The number of carboxylic acids is 1. The highest BCUT2D eigenvalue weighted by atomic mass is 16.4. The normalized spacial score (nSPS) is 10.3. The molecule has 0 amide bonds. The summed E-state index contributed by atoms with van der Waals surface area (Å²) in [4.78, 5) is 11.0. The van der Waals surface area contributed by atoms with Gasteiger partial charge in [0, 0.05) is 12.2 Å². The number of rotatable bonds is 3. The van der Waals surface area contributed by atoms with Crippen LogP contribution >= 0.6 is 0 Å². The van der Waals surface area contributed by atoms with Crippen LogP contribution in [0, 0.1) is 0 Å². The topological polar surface area (TPSA) is 89.3 Å². The molecular weight excluding hydrogens is 228 g/mol. The van der Waals surface area contributed by atoms with Gasteiger partial charge in [0.25, 0.3) is 0 Å². The Hall–Kier alpha value is -2.33. The lowest BCUT2D eigenvalue weighted by molar-refractivity contribution is 0.0698. The molecular formula is C14H14N2O2. The number of nitrogens with two attached hydrogens (primary N) is 2. The summed E-state index contributed by atoms with van der Waals surface area (Å²) in [5, 5.41) is 9.02. The molecule has 0 heterocycles. The van der Waals surface area contributed by atoms with Crippen LogP contribution in [-0.4, -0.2) is 11.1 Å². The minimum absolute atomic E-state index is 0.121. The van der Waals surface area contributed by atoms with E-state index >= 15 is 0 Å². The summed E-state index contributed by atoms with van der Waals surface area (Å²) in [6.07, 6.45) is 0. The van der Waals surface area contributed by atoms with Gasteiger partial charge in [-0.15, -0.1) is 0 Å². The number of hydrogen-bond donors (Lipinski definition) is 3. The Kier molecular flexibility index (Phi) is 3.30. The van der Waals surface area contributed by atoms with Gasteiger partial charge in [-0.1, -0.05) is 30.3 Å². The number of carboxylic acid groups (broad SMARTS) is 1. The van der Waals surface area contributed by atoms with Crippen LogP contribution in [-0.2, 0) is 6.54 Å². The number of aromatic carboxylic acids is 1. The van der Waals surface area contributed by atoms with E-state index in [0.29, 0.717) is 6.54 Å². The van der Waals surface area contributed by atoms with E-state index in [4.69, 9.17) is 16.6 Å². The van der Waals surface area contributed by atoms with Gasteiger partial charge in [0.1, 0.15) is 0 Å². The third-order valence-corrected chi connectivity index (χ3v) is 2.81. The van der Waals surface area contributed by atoms with Crippen LogP contribution in [0.25, 0.3) is 11.1 Å².